The number of ketones is 1. The zero-order valence-electron chi connectivity index (χ0n) is 15.3. The summed E-state index contributed by atoms with van der Waals surface area (Å²) >= 11 is 0. The van der Waals surface area contributed by atoms with Crippen LogP contribution in [-0.4, -0.2) is 18.8 Å². The van der Waals surface area contributed by atoms with Crippen LogP contribution in [0.1, 0.15) is 54.1 Å². The number of Topliss-reactive ketones (excluding diaryl/α,β-unsaturated/α-hetero) is 1. The Bertz CT molecular complexity index is 748. The van der Waals surface area contributed by atoms with Crippen molar-refractivity contribution in [3.8, 4) is 5.75 Å². The molecule has 132 valence electrons. The Morgan fingerprint density at radius 1 is 1.04 bits per heavy atom. The van der Waals surface area contributed by atoms with E-state index in [-0.39, 0.29) is 24.5 Å². The number of carbonyl (C=O) groups is 2. The highest BCUT2D eigenvalue weighted by Gasteiger charge is 2.14. The lowest BCUT2D eigenvalue weighted by molar-refractivity contribution is -0.116. The van der Waals surface area contributed by atoms with Gasteiger partial charge in [0.2, 0.25) is 5.91 Å². The largest absolute Gasteiger partial charge is 0.496 e. The van der Waals surface area contributed by atoms with Gasteiger partial charge in [0.15, 0.2) is 5.78 Å². The molecular weight excluding hydrogens is 314 g/mol. The molecule has 2 aromatic rings. The average Bonchev–Trinajstić information content (AvgIpc) is 2.60. The summed E-state index contributed by atoms with van der Waals surface area (Å²) in [5, 5.41) is 2.83. The molecule has 0 bridgehead atoms. The number of nitrogens with one attached hydrogen (secondary N) is 1. The molecule has 0 aliphatic rings. The number of ether oxygens (including phenoxy) is 1. The molecule has 0 heterocycles. The van der Waals surface area contributed by atoms with Gasteiger partial charge in [-0.25, -0.2) is 0 Å². The van der Waals surface area contributed by atoms with Crippen molar-refractivity contribution < 1.29 is 14.3 Å². The Labute approximate surface area is 149 Å². The fraction of sp³-hybridized carbons (Fsp3) is 0.333. The lowest BCUT2D eigenvalue weighted by Gasteiger charge is -2.10. The number of anilines is 1. The molecule has 1 N–H and O–H groups in total. The summed E-state index contributed by atoms with van der Waals surface area (Å²) in [5.74, 6) is 0.732. The van der Waals surface area contributed by atoms with Crippen molar-refractivity contribution in [3.63, 3.8) is 0 Å². The van der Waals surface area contributed by atoms with Crippen LogP contribution in [0.2, 0.25) is 0 Å². The molecule has 4 nitrogen and oxygen atoms in total. The van der Waals surface area contributed by atoms with E-state index in [9.17, 15) is 9.59 Å². The van der Waals surface area contributed by atoms with Gasteiger partial charge in [0.1, 0.15) is 5.75 Å². The van der Waals surface area contributed by atoms with Gasteiger partial charge in [-0.1, -0.05) is 37.6 Å². The normalized spacial score (nSPS) is 10.6. The summed E-state index contributed by atoms with van der Waals surface area (Å²) in [6, 6.07) is 13.2. The average molecular weight is 339 g/mol. The summed E-state index contributed by atoms with van der Waals surface area (Å²) in [5.41, 5.74) is 3.48. The van der Waals surface area contributed by atoms with Gasteiger partial charge in [0.25, 0.3) is 0 Å². The fourth-order valence-corrected chi connectivity index (χ4v) is 2.58. The molecule has 0 atom stereocenters. The third kappa shape index (κ3) is 5.18. The molecular formula is C21H25NO3. The molecule has 0 radical (unpaired) electrons. The quantitative estimate of drug-likeness (QED) is 0.742. The summed E-state index contributed by atoms with van der Waals surface area (Å²) in [6.07, 6.45) is 0.289. The summed E-state index contributed by atoms with van der Waals surface area (Å²) in [6.45, 7) is 6.17. The topological polar surface area (TPSA) is 55.4 Å². The van der Waals surface area contributed by atoms with Crippen LogP contribution in [0.5, 0.6) is 5.75 Å². The van der Waals surface area contributed by atoms with Crippen molar-refractivity contribution in [1.29, 1.82) is 0 Å². The first-order valence-electron chi connectivity index (χ1n) is 8.48. The minimum Gasteiger partial charge on any atom is -0.496 e. The molecule has 0 aromatic heterocycles. The van der Waals surface area contributed by atoms with Crippen LogP contribution in [0.25, 0.3) is 0 Å². The van der Waals surface area contributed by atoms with Crippen molar-refractivity contribution in [2.24, 2.45) is 0 Å². The summed E-state index contributed by atoms with van der Waals surface area (Å²) in [7, 11) is 1.54. The lowest BCUT2D eigenvalue weighted by Crippen LogP contribution is -2.14. The second kappa shape index (κ2) is 8.47. The highest BCUT2D eigenvalue weighted by atomic mass is 16.5. The number of benzene rings is 2. The molecule has 0 spiro atoms. The number of hydrogen-bond donors (Lipinski definition) is 1. The number of aryl methyl sites for hydroxylation is 1. The van der Waals surface area contributed by atoms with E-state index < -0.39 is 0 Å². The van der Waals surface area contributed by atoms with Gasteiger partial charge in [-0.3, -0.25) is 9.59 Å². The highest BCUT2D eigenvalue weighted by molar-refractivity contribution is 6.01. The summed E-state index contributed by atoms with van der Waals surface area (Å²) in [4.78, 5) is 24.5. The monoisotopic (exact) mass is 339 g/mol. The second-order valence-corrected chi connectivity index (χ2v) is 6.45. The van der Waals surface area contributed by atoms with Crippen LogP contribution in [0, 0.1) is 6.92 Å². The maximum atomic E-state index is 12.4. The van der Waals surface area contributed by atoms with E-state index >= 15 is 0 Å². The maximum Gasteiger partial charge on any atom is 0.224 e. The number of hydrogen-bond acceptors (Lipinski definition) is 3. The predicted octanol–water partition coefficient (Wildman–Crippen LogP) is 4.73. The Morgan fingerprint density at radius 2 is 1.72 bits per heavy atom. The molecule has 0 fully saturated rings. The zero-order chi connectivity index (χ0) is 18.4. The van der Waals surface area contributed by atoms with Gasteiger partial charge >= 0.3 is 0 Å². The highest BCUT2D eigenvalue weighted by Crippen LogP contribution is 2.22. The lowest BCUT2D eigenvalue weighted by atomic mass is 10.0. The van der Waals surface area contributed by atoms with E-state index in [1.54, 1.807) is 12.1 Å². The molecule has 0 saturated heterocycles. The molecule has 4 heteroatoms. The van der Waals surface area contributed by atoms with Crippen LogP contribution in [0.15, 0.2) is 42.5 Å². The molecule has 0 aliphatic heterocycles. The van der Waals surface area contributed by atoms with Gasteiger partial charge in [-0.15, -0.1) is 0 Å². The van der Waals surface area contributed by atoms with Crippen LogP contribution >= 0.6 is 0 Å². The third-order valence-corrected chi connectivity index (χ3v) is 4.10. The molecule has 1 amide bonds. The number of methoxy groups -OCH3 is 1. The van der Waals surface area contributed by atoms with E-state index in [0.717, 1.165) is 11.3 Å². The first kappa shape index (κ1) is 18.7. The van der Waals surface area contributed by atoms with Crippen molar-refractivity contribution in [1.82, 2.24) is 0 Å². The van der Waals surface area contributed by atoms with E-state index in [0.29, 0.717) is 17.2 Å². The van der Waals surface area contributed by atoms with Gasteiger partial charge in [-0.2, -0.15) is 0 Å². The van der Waals surface area contributed by atoms with E-state index in [1.165, 1.54) is 12.7 Å². The van der Waals surface area contributed by atoms with Crippen LogP contribution < -0.4 is 10.1 Å². The molecule has 25 heavy (non-hydrogen) atoms. The smallest absolute Gasteiger partial charge is 0.224 e. The number of rotatable bonds is 7. The van der Waals surface area contributed by atoms with E-state index in [1.807, 2.05) is 37.3 Å². The van der Waals surface area contributed by atoms with Gasteiger partial charge in [-0.05, 0) is 42.7 Å². The first-order chi connectivity index (χ1) is 11.9. The molecule has 2 aromatic carbocycles. The van der Waals surface area contributed by atoms with Crippen LogP contribution in [0.3, 0.4) is 0 Å². The molecule has 0 aliphatic carbocycles. The molecule has 2 rings (SSSR count). The van der Waals surface area contributed by atoms with Gasteiger partial charge < -0.3 is 10.1 Å². The Balaban J connectivity index is 1.93. The van der Waals surface area contributed by atoms with Crippen molar-refractivity contribution in [3.05, 3.63) is 59.2 Å². The van der Waals surface area contributed by atoms with Gasteiger partial charge in [0.05, 0.1) is 12.7 Å². The van der Waals surface area contributed by atoms with Crippen molar-refractivity contribution in [2.45, 2.75) is 39.5 Å². The molecule has 0 unspecified atom stereocenters. The van der Waals surface area contributed by atoms with Crippen LogP contribution in [0.4, 0.5) is 5.69 Å². The summed E-state index contributed by atoms with van der Waals surface area (Å²) < 4.78 is 5.23. The Morgan fingerprint density at radius 3 is 2.32 bits per heavy atom. The Kier molecular flexibility index (Phi) is 6.34. The standard InChI is InChI=1S/C21H25NO3/c1-14(2)16-6-8-17(9-7-16)22-21(24)12-10-19(23)18-13-15(3)5-11-20(18)25-4/h5-9,11,13-14H,10,12H2,1-4H3,(H,22,24). The van der Waals surface area contributed by atoms with Crippen molar-refractivity contribution >= 4 is 17.4 Å². The zero-order valence-corrected chi connectivity index (χ0v) is 15.3. The van der Waals surface area contributed by atoms with Gasteiger partial charge in [0, 0.05) is 18.5 Å². The molecule has 0 saturated carbocycles. The minimum atomic E-state index is -0.169. The van der Waals surface area contributed by atoms with E-state index in [2.05, 4.69) is 19.2 Å². The number of carbonyl (C=O) groups excluding carboxylic acids is 2. The Hall–Kier alpha value is -2.62. The minimum absolute atomic E-state index is 0.0918. The maximum absolute atomic E-state index is 12.4. The van der Waals surface area contributed by atoms with Crippen LogP contribution in [-0.2, 0) is 4.79 Å². The van der Waals surface area contributed by atoms with Crippen molar-refractivity contribution in [2.75, 3.05) is 12.4 Å². The fourth-order valence-electron chi connectivity index (χ4n) is 2.58. The third-order valence-electron chi connectivity index (χ3n) is 4.10. The first-order valence-corrected chi connectivity index (χ1v) is 8.48. The predicted molar refractivity (Wildman–Crippen MR) is 100 cm³/mol. The van der Waals surface area contributed by atoms with E-state index in [4.69, 9.17) is 4.74 Å². The number of amides is 1. The SMILES string of the molecule is COc1ccc(C)cc1C(=O)CCC(=O)Nc1ccc(C(C)C)cc1. The second-order valence-electron chi connectivity index (χ2n) is 6.45.